The van der Waals surface area contributed by atoms with Crippen molar-refractivity contribution >= 4 is 11.6 Å². The molecule has 2 atom stereocenters. The number of aryl methyl sites for hydroxylation is 2. The minimum atomic E-state index is -0.233. The molecule has 0 saturated carbocycles. The fraction of sp³-hybridized carbons (Fsp3) is 0.409. The highest BCUT2D eigenvalue weighted by molar-refractivity contribution is 5.96. The van der Waals surface area contributed by atoms with Gasteiger partial charge in [0.2, 0.25) is 5.91 Å². The Balaban J connectivity index is 1.88. The molecule has 2 aromatic carbocycles. The van der Waals surface area contributed by atoms with Gasteiger partial charge in [-0.2, -0.15) is 0 Å². The largest absolute Gasteiger partial charge is 0.324 e. The van der Waals surface area contributed by atoms with Crippen molar-refractivity contribution in [1.82, 2.24) is 4.90 Å². The predicted octanol–water partition coefficient (Wildman–Crippen LogP) is 4.72. The first-order valence-corrected chi connectivity index (χ1v) is 9.21. The van der Waals surface area contributed by atoms with E-state index in [-0.39, 0.29) is 11.9 Å². The SMILES string of the molecule is Cc1ccc(C)c(NC(=O)C(c2ccccc2)N2CCCC(C)C2)c1. The molecule has 0 aliphatic carbocycles. The number of hydrogen-bond acceptors (Lipinski definition) is 2. The van der Waals surface area contributed by atoms with Crippen molar-refractivity contribution in [2.45, 2.75) is 39.7 Å². The van der Waals surface area contributed by atoms with E-state index in [2.05, 4.69) is 48.3 Å². The zero-order chi connectivity index (χ0) is 17.8. The standard InChI is InChI=1S/C22H28N2O/c1-16-11-12-18(3)20(14-16)23-22(25)21(19-9-5-4-6-10-19)24-13-7-8-17(2)15-24/h4-6,9-12,14,17,21H,7-8,13,15H2,1-3H3,(H,23,25). The molecule has 3 rings (SSSR count). The lowest BCUT2D eigenvalue weighted by atomic mass is 9.95. The molecular formula is C22H28N2O. The number of nitrogens with zero attached hydrogens (tertiary/aromatic N) is 1. The smallest absolute Gasteiger partial charge is 0.246 e. The Labute approximate surface area is 151 Å². The molecule has 0 aromatic heterocycles. The summed E-state index contributed by atoms with van der Waals surface area (Å²) in [5.41, 5.74) is 4.23. The first kappa shape index (κ1) is 17.7. The van der Waals surface area contributed by atoms with Crippen molar-refractivity contribution in [3.05, 3.63) is 65.2 Å². The molecule has 132 valence electrons. The van der Waals surface area contributed by atoms with Gasteiger partial charge in [0.1, 0.15) is 6.04 Å². The van der Waals surface area contributed by atoms with Crippen LogP contribution in [-0.2, 0) is 4.79 Å². The molecule has 2 unspecified atom stereocenters. The van der Waals surface area contributed by atoms with Crippen LogP contribution in [0.2, 0.25) is 0 Å². The van der Waals surface area contributed by atoms with Crippen molar-refractivity contribution in [3.8, 4) is 0 Å². The van der Waals surface area contributed by atoms with Crippen LogP contribution in [-0.4, -0.2) is 23.9 Å². The molecule has 1 heterocycles. The topological polar surface area (TPSA) is 32.3 Å². The molecule has 1 amide bonds. The van der Waals surface area contributed by atoms with E-state index in [0.29, 0.717) is 5.92 Å². The van der Waals surface area contributed by atoms with E-state index < -0.39 is 0 Å². The molecule has 1 saturated heterocycles. The number of amides is 1. The number of carbonyl (C=O) groups is 1. The number of benzene rings is 2. The molecule has 0 spiro atoms. The van der Waals surface area contributed by atoms with Crippen molar-refractivity contribution in [3.63, 3.8) is 0 Å². The fourth-order valence-corrected chi connectivity index (χ4v) is 3.70. The number of carbonyl (C=O) groups excluding carboxylic acids is 1. The van der Waals surface area contributed by atoms with E-state index in [1.165, 1.54) is 6.42 Å². The zero-order valence-electron chi connectivity index (χ0n) is 15.5. The Kier molecular flexibility index (Phi) is 5.54. The van der Waals surface area contributed by atoms with Crippen LogP contribution in [0.3, 0.4) is 0 Å². The van der Waals surface area contributed by atoms with Gasteiger partial charge in [0.15, 0.2) is 0 Å². The van der Waals surface area contributed by atoms with Crippen molar-refractivity contribution in [2.24, 2.45) is 5.92 Å². The zero-order valence-corrected chi connectivity index (χ0v) is 15.5. The van der Waals surface area contributed by atoms with Crippen LogP contribution in [0.4, 0.5) is 5.69 Å². The van der Waals surface area contributed by atoms with Crippen LogP contribution in [0, 0.1) is 19.8 Å². The van der Waals surface area contributed by atoms with Gasteiger partial charge in [-0.15, -0.1) is 0 Å². The lowest BCUT2D eigenvalue weighted by Gasteiger charge is -2.36. The summed E-state index contributed by atoms with van der Waals surface area (Å²) in [5.74, 6) is 0.697. The maximum absolute atomic E-state index is 13.2. The Morgan fingerprint density at radius 3 is 2.64 bits per heavy atom. The third-order valence-corrected chi connectivity index (χ3v) is 5.07. The highest BCUT2D eigenvalue weighted by Gasteiger charge is 2.30. The molecular weight excluding hydrogens is 308 g/mol. The number of nitrogens with one attached hydrogen (secondary N) is 1. The van der Waals surface area contributed by atoms with Crippen LogP contribution in [0.25, 0.3) is 0 Å². The summed E-state index contributed by atoms with van der Waals surface area (Å²) in [7, 11) is 0. The third kappa shape index (κ3) is 4.29. The molecule has 1 fully saturated rings. The van der Waals surface area contributed by atoms with Crippen LogP contribution in [0.5, 0.6) is 0 Å². The predicted molar refractivity (Wildman–Crippen MR) is 104 cm³/mol. The van der Waals surface area contributed by atoms with E-state index >= 15 is 0 Å². The molecule has 1 aliphatic rings. The normalized spacial score (nSPS) is 19.4. The maximum Gasteiger partial charge on any atom is 0.246 e. The van der Waals surface area contributed by atoms with Crippen LogP contribution >= 0.6 is 0 Å². The van der Waals surface area contributed by atoms with Gasteiger partial charge in [-0.3, -0.25) is 9.69 Å². The Bertz CT molecular complexity index is 726. The van der Waals surface area contributed by atoms with Gasteiger partial charge >= 0.3 is 0 Å². The lowest BCUT2D eigenvalue weighted by Crippen LogP contribution is -2.42. The highest BCUT2D eigenvalue weighted by Crippen LogP contribution is 2.28. The van der Waals surface area contributed by atoms with Crippen molar-refractivity contribution < 1.29 is 4.79 Å². The minimum absolute atomic E-state index is 0.0639. The van der Waals surface area contributed by atoms with Gasteiger partial charge < -0.3 is 5.32 Å². The fourth-order valence-electron chi connectivity index (χ4n) is 3.70. The quantitative estimate of drug-likeness (QED) is 0.876. The van der Waals surface area contributed by atoms with Gasteiger partial charge in [-0.05, 0) is 61.9 Å². The average Bonchev–Trinajstić information content (AvgIpc) is 2.59. The van der Waals surface area contributed by atoms with Gasteiger partial charge in [-0.1, -0.05) is 49.4 Å². The molecule has 3 heteroatoms. The van der Waals surface area contributed by atoms with Gasteiger partial charge in [0.25, 0.3) is 0 Å². The third-order valence-electron chi connectivity index (χ3n) is 5.07. The molecule has 3 nitrogen and oxygen atoms in total. The summed E-state index contributed by atoms with van der Waals surface area (Å²) in [4.78, 5) is 15.6. The van der Waals surface area contributed by atoms with E-state index in [0.717, 1.165) is 41.9 Å². The van der Waals surface area contributed by atoms with Crippen LogP contribution < -0.4 is 5.32 Å². The molecule has 1 N–H and O–H groups in total. The molecule has 25 heavy (non-hydrogen) atoms. The first-order chi connectivity index (χ1) is 12.0. The second-order valence-electron chi connectivity index (χ2n) is 7.36. The summed E-state index contributed by atoms with van der Waals surface area (Å²) >= 11 is 0. The molecule has 0 bridgehead atoms. The summed E-state index contributed by atoms with van der Waals surface area (Å²) in [5, 5.41) is 3.18. The summed E-state index contributed by atoms with van der Waals surface area (Å²) in [6, 6.07) is 16.1. The van der Waals surface area contributed by atoms with Gasteiger partial charge in [0.05, 0.1) is 0 Å². The Morgan fingerprint density at radius 1 is 1.16 bits per heavy atom. The molecule has 1 aliphatic heterocycles. The maximum atomic E-state index is 13.2. The number of likely N-dealkylation sites (tertiary alicyclic amines) is 1. The number of piperidine rings is 1. The summed E-state index contributed by atoms with van der Waals surface area (Å²) in [6.45, 7) is 8.31. The highest BCUT2D eigenvalue weighted by atomic mass is 16.2. The second-order valence-corrected chi connectivity index (χ2v) is 7.36. The van der Waals surface area contributed by atoms with Crippen LogP contribution in [0.1, 0.15) is 42.5 Å². The van der Waals surface area contributed by atoms with E-state index in [1.54, 1.807) is 0 Å². The molecule has 0 radical (unpaired) electrons. The van der Waals surface area contributed by atoms with Crippen molar-refractivity contribution in [2.75, 3.05) is 18.4 Å². The summed E-state index contributed by atoms with van der Waals surface area (Å²) in [6.07, 6.45) is 2.40. The van der Waals surface area contributed by atoms with Crippen LogP contribution in [0.15, 0.2) is 48.5 Å². The number of rotatable bonds is 4. The second kappa shape index (κ2) is 7.83. The monoisotopic (exact) mass is 336 g/mol. The van der Waals surface area contributed by atoms with Gasteiger partial charge in [-0.25, -0.2) is 0 Å². The van der Waals surface area contributed by atoms with E-state index in [4.69, 9.17) is 0 Å². The van der Waals surface area contributed by atoms with E-state index in [9.17, 15) is 4.79 Å². The molecule has 2 aromatic rings. The Morgan fingerprint density at radius 2 is 1.92 bits per heavy atom. The average molecular weight is 336 g/mol. The number of anilines is 1. The van der Waals surface area contributed by atoms with Crippen molar-refractivity contribution in [1.29, 1.82) is 0 Å². The lowest BCUT2D eigenvalue weighted by molar-refractivity contribution is -0.122. The van der Waals surface area contributed by atoms with Gasteiger partial charge in [0, 0.05) is 12.2 Å². The summed E-state index contributed by atoms with van der Waals surface area (Å²) < 4.78 is 0. The first-order valence-electron chi connectivity index (χ1n) is 9.21. The number of hydrogen-bond donors (Lipinski definition) is 1. The Hall–Kier alpha value is -2.13. The van der Waals surface area contributed by atoms with E-state index in [1.807, 2.05) is 31.2 Å². The minimum Gasteiger partial charge on any atom is -0.324 e.